The van der Waals surface area contributed by atoms with Gasteiger partial charge in [0.25, 0.3) is 0 Å². The van der Waals surface area contributed by atoms with Crippen molar-refractivity contribution in [3.8, 4) is 27.9 Å². The van der Waals surface area contributed by atoms with Gasteiger partial charge in [-0.1, -0.05) is 176 Å². The normalized spacial score (nSPS) is 11.9. The van der Waals surface area contributed by atoms with Crippen molar-refractivity contribution in [3.05, 3.63) is 243 Å². The zero-order valence-corrected chi connectivity index (χ0v) is 36.0. The van der Waals surface area contributed by atoms with E-state index in [0.29, 0.717) is 0 Å². The Bertz CT molecular complexity index is 4180. The second-order valence-corrected chi connectivity index (χ2v) is 17.6. The number of benzene rings is 12. The van der Waals surface area contributed by atoms with Crippen LogP contribution in [-0.2, 0) is 0 Å². The van der Waals surface area contributed by atoms with E-state index in [1.54, 1.807) is 0 Å². The van der Waals surface area contributed by atoms with E-state index in [2.05, 4.69) is 252 Å². The van der Waals surface area contributed by atoms with Crippen molar-refractivity contribution in [2.75, 3.05) is 4.90 Å². The van der Waals surface area contributed by atoms with Crippen LogP contribution in [0.4, 0.5) is 17.1 Å². The molecule has 2 nitrogen and oxygen atoms in total. The summed E-state index contributed by atoms with van der Waals surface area (Å²) >= 11 is 0. The van der Waals surface area contributed by atoms with Crippen molar-refractivity contribution in [1.82, 2.24) is 4.57 Å². The van der Waals surface area contributed by atoms with E-state index in [1.165, 1.54) is 114 Å². The molecule has 0 unspecified atom stereocenters. The van der Waals surface area contributed by atoms with Gasteiger partial charge in [-0.2, -0.15) is 0 Å². The van der Waals surface area contributed by atoms with Gasteiger partial charge in [0.05, 0.1) is 11.0 Å². The zero-order valence-electron chi connectivity index (χ0n) is 36.0. The molecule has 0 aliphatic rings. The fraction of sp³-hybridized carbons (Fsp3) is 0. The first-order chi connectivity index (χ1) is 32.7. The molecular formula is C64H40N2. The van der Waals surface area contributed by atoms with Crippen LogP contribution in [0, 0.1) is 0 Å². The highest BCUT2D eigenvalue weighted by atomic mass is 15.1. The van der Waals surface area contributed by atoms with Crippen LogP contribution in [0.2, 0.25) is 0 Å². The van der Waals surface area contributed by atoms with E-state index in [-0.39, 0.29) is 0 Å². The molecule has 0 N–H and O–H groups in total. The Morgan fingerprint density at radius 1 is 0.242 bits per heavy atom. The molecule has 0 fully saturated rings. The summed E-state index contributed by atoms with van der Waals surface area (Å²) in [5.74, 6) is 0. The van der Waals surface area contributed by atoms with Gasteiger partial charge in [-0.25, -0.2) is 0 Å². The second-order valence-electron chi connectivity index (χ2n) is 17.6. The fourth-order valence-corrected chi connectivity index (χ4v) is 11.1. The Kier molecular flexibility index (Phi) is 8.02. The van der Waals surface area contributed by atoms with Gasteiger partial charge in [-0.3, -0.25) is 0 Å². The Balaban J connectivity index is 0.989. The SMILES string of the molecule is c1ccc(-c2ccc(N(c3ccc(-c4ccc5c(c4)c4ccccc4n5-c4ccccc4)cc3)c3cc4ccc5cccc6c7cccc8ccc9cccc(c(c3)c4c56)c9c87)cc2)cc1. The van der Waals surface area contributed by atoms with Gasteiger partial charge in [0.1, 0.15) is 0 Å². The minimum absolute atomic E-state index is 1.09. The highest BCUT2D eigenvalue weighted by Gasteiger charge is 2.20. The van der Waals surface area contributed by atoms with Crippen molar-refractivity contribution in [3.63, 3.8) is 0 Å². The van der Waals surface area contributed by atoms with Crippen LogP contribution in [0.1, 0.15) is 0 Å². The number of nitrogens with zero attached hydrogens (tertiary/aromatic N) is 2. The van der Waals surface area contributed by atoms with E-state index >= 15 is 0 Å². The topological polar surface area (TPSA) is 8.17 Å². The van der Waals surface area contributed by atoms with Crippen molar-refractivity contribution in [2.24, 2.45) is 0 Å². The molecule has 13 aromatic carbocycles. The zero-order chi connectivity index (χ0) is 43.3. The average Bonchev–Trinajstić information content (AvgIpc) is 3.72. The molecule has 306 valence electrons. The van der Waals surface area contributed by atoms with Crippen molar-refractivity contribution < 1.29 is 0 Å². The molecule has 0 bridgehead atoms. The summed E-state index contributed by atoms with van der Waals surface area (Å²) in [6.07, 6.45) is 0. The van der Waals surface area contributed by atoms with Crippen LogP contribution in [-0.4, -0.2) is 4.57 Å². The van der Waals surface area contributed by atoms with Gasteiger partial charge in [0.2, 0.25) is 0 Å². The summed E-state index contributed by atoms with van der Waals surface area (Å²) in [6.45, 7) is 0. The van der Waals surface area contributed by atoms with Crippen LogP contribution in [0.5, 0.6) is 0 Å². The quantitative estimate of drug-likeness (QED) is 0.152. The summed E-state index contributed by atoms with van der Waals surface area (Å²) in [5, 5.41) is 17.8. The third-order valence-electron chi connectivity index (χ3n) is 14.0. The summed E-state index contributed by atoms with van der Waals surface area (Å²) < 4.78 is 2.38. The lowest BCUT2D eigenvalue weighted by molar-refractivity contribution is 1.18. The number of fused-ring (bicyclic) bond motifs is 5. The van der Waals surface area contributed by atoms with Crippen molar-refractivity contribution in [1.29, 1.82) is 0 Å². The van der Waals surface area contributed by atoms with Gasteiger partial charge in [0, 0.05) is 33.5 Å². The molecule has 0 saturated carbocycles. The summed E-state index contributed by atoms with van der Waals surface area (Å²) in [6, 6.07) is 89.7. The fourth-order valence-electron chi connectivity index (χ4n) is 11.1. The first-order valence-electron chi connectivity index (χ1n) is 22.8. The maximum Gasteiger partial charge on any atom is 0.0541 e. The lowest BCUT2D eigenvalue weighted by Gasteiger charge is -2.27. The van der Waals surface area contributed by atoms with Crippen molar-refractivity contribution in [2.45, 2.75) is 0 Å². The number of anilines is 3. The van der Waals surface area contributed by atoms with E-state index in [1.807, 2.05) is 0 Å². The number of rotatable bonds is 6. The van der Waals surface area contributed by atoms with Crippen molar-refractivity contribution >= 4 is 104 Å². The van der Waals surface area contributed by atoms with Gasteiger partial charge in [-0.05, 0) is 154 Å². The largest absolute Gasteiger partial charge is 0.310 e. The molecule has 0 amide bonds. The first-order valence-corrected chi connectivity index (χ1v) is 22.8. The van der Waals surface area contributed by atoms with Gasteiger partial charge < -0.3 is 9.47 Å². The van der Waals surface area contributed by atoms with Gasteiger partial charge in [0.15, 0.2) is 0 Å². The second kappa shape index (κ2) is 14.4. The Labute approximate surface area is 381 Å². The molecule has 14 aromatic rings. The summed E-state index contributed by atoms with van der Waals surface area (Å²) in [5.41, 5.74) is 11.7. The molecule has 0 radical (unpaired) electrons. The molecule has 66 heavy (non-hydrogen) atoms. The predicted molar refractivity (Wildman–Crippen MR) is 283 cm³/mol. The number of hydrogen-bond donors (Lipinski definition) is 0. The number of para-hydroxylation sites is 2. The Hall–Kier alpha value is -8.72. The minimum Gasteiger partial charge on any atom is -0.310 e. The molecule has 0 atom stereocenters. The summed E-state index contributed by atoms with van der Waals surface area (Å²) in [7, 11) is 0. The van der Waals surface area contributed by atoms with E-state index < -0.39 is 0 Å². The van der Waals surface area contributed by atoms with E-state index in [4.69, 9.17) is 0 Å². The van der Waals surface area contributed by atoms with Crippen LogP contribution in [0.3, 0.4) is 0 Å². The lowest BCUT2D eigenvalue weighted by atomic mass is 9.87. The third-order valence-corrected chi connectivity index (χ3v) is 14.0. The van der Waals surface area contributed by atoms with Crippen LogP contribution in [0.15, 0.2) is 243 Å². The van der Waals surface area contributed by atoms with Gasteiger partial charge >= 0.3 is 0 Å². The van der Waals surface area contributed by atoms with E-state index in [9.17, 15) is 0 Å². The number of hydrogen-bond acceptors (Lipinski definition) is 1. The average molecular weight is 837 g/mol. The lowest BCUT2D eigenvalue weighted by Crippen LogP contribution is -2.10. The Morgan fingerprint density at radius 2 is 0.697 bits per heavy atom. The Morgan fingerprint density at radius 3 is 1.32 bits per heavy atom. The van der Waals surface area contributed by atoms with Crippen LogP contribution in [0.25, 0.3) is 114 Å². The number of aromatic nitrogens is 1. The first kappa shape index (κ1) is 36.7. The van der Waals surface area contributed by atoms with Gasteiger partial charge in [-0.15, -0.1) is 0 Å². The van der Waals surface area contributed by atoms with E-state index in [0.717, 1.165) is 17.1 Å². The standard InChI is InChI=1S/C64H40N2/c1-3-12-41(13-4-1)42-28-33-50(34-29-42)65(51-35-30-43(31-36-51)47-32-37-60-57(39-47)53-19-7-8-23-59(53)66(60)49-17-5-2-6-18-49)52-38-48-27-26-46-15-10-21-55-54-20-9-14-44-24-25-45-16-11-22-56(63(45)61(44)54)58(40-52)64(48)62(46)55/h1-40H. The van der Waals surface area contributed by atoms with Crippen LogP contribution < -0.4 is 4.90 Å². The molecule has 1 heterocycles. The molecule has 1 aromatic heterocycles. The highest BCUT2D eigenvalue weighted by molar-refractivity contribution is 6.37. The highest BCUT2D eigenvalue weighted by Crippen LogP contribution is 2.47. The smallest absolute Gasteiger partial charge is 0.0541 e. The third kappa shape index (κ3) is 5.55. The minimum atomic E-state index is 1.09. The monoisotopic (exact) mass is 836 g/mol. The molecule has 0 aliphatic carbocycles. The molecule has 0 spiro atoms. The van der Waals surface area contributed by atoms with Crippen LogP contribution >= 0.6 is 0 Å². The maximum atomic E-state index is 2.45. The predicted octanol–water partition coefficient (Wildman–Crippen LogP) is 17.9. The summed E-state index contributed by atoms with van der Waals surface area (Å²) in [4.78, 5) is 2.44. The molecule has 0 saturated heterocycles. The molecule has 2 heteroatoms. The molecule has 0 aliphatic heterocycles. The maximum absolute atomic E-state index is 2.45. The molecule has 14 rings (SSSR count). The molecular weight excluding hydrogens is 797 g/mol.